The highest BCUT2D eigenvalue weighted by Gasteiger charge is 2.26. The van der Waals surface area contributed by atoms with E-state index in [0.29, 0.717) is 24.8 Å². The number of likely N-dealkylation sites (tertiary alicyclic amines) is 2. The van der Waals surface area contributed by atoms with Crippen LogP contribution < -0.4 is 4.74 Å². The molecule has 0 spiro atoms. The number of piperidine rings is 1. The van der Waals surface area contributed by atoms with E-state index in [-0.39, 0.29) is 11.7 Å². The number of amides is 1. The molecule has 1 amide bonds. The average Bonchev–Trinajstić information content (AvgIpc) is 3.07. The SMILES string of the molecule is O=C(CN1CCCC1)N1CCC[C@@H](COc2ccc(F)cc2)C1. The predicted octanol–water partition coefficient (Wildman–Crippen LogP) is 2.54. The number of hydrogen-bond donors (Lipinski definition) is 0. The van der Waals surface area contributed by atoms with Gasteiger partial charge in [0.05, 0.1) is 13.2 Å². The van der Waals surface area contributed by atoms with E-state index in [1.807, 2.05) is 4.90 Å². The minimum atomic E-state index is -0.256. The van der Waals surface area contributed by atoms with Gasteiger partial charge in [0, 0.05) is 19.0 Å². The molecule has 5 heteroatoms. The van der Waals surface area contributed by atoms with Crippen LogP contribution in [0.5, 0.6) is 5.75 Å². The van der Waals surface area contributed by atoms with Crippen LogP contribution >= 0.6 is 0 Å². The number of halogens is 1. The number of carbonyl (C=O) groups excluding carboxylic acids is 1. The van der Waals surface area contributed by atoms with Crippen LogP contribution in [0.15, 0.2) is 24.3 Å². The van der Waals surface area contributed by atoms with Gasteiger partial charge in [0.25, 0.3) is 0 Å². The molecule has 1 aromatic rings. The van der Waals surface area contributed by atoms with Crippen molar-refractivity contribution in [1.82, 2.24) is 9.80 Å². The maximum absolute atomic E-state index is 12.9. The van der Waals surface area contributed by atoms with Gasteiger partial charge in [-0.05, 0) is 63.0 Å². The van der Waals surface area contributed by atoms with Gasteiger partial charge in [-0.2, -0.15) is 0 Å². The van der Waals surface area contributed by atoms with Gasteiger partial charge in [-0.1, -0.05) is 0 Å². The van der Waals surface area contributed by atoms with Crippen molar-refractivity contribution in [2.24, 2.45) is 5.92 Å². The number of ether oxygens (including phenoxy) is 1. The standard InChI is InChI=1S/C18H25FN2O2/c19-16-5-7-17(8-6-16)23-14-15-4-3-11-21(12-15)18(22)13-20-9-1-2-10-20/h5-8,15H,1-4,9-14H2/t15-/m1/s1. The van der Waals surface area contributed by atoms with Gasteiger partial charge >= 0.3 is 0 Å². The first kappa shape index (κ1) is 16.2. The smallest absolute Gasteiger partial charge is 0.236 e. The van der Waals surface area contributed by atoms with E-state index in [2.05, 4.69) is 4.90 Å². The van der Waals surface area contributed by atoms with Crippen LogP contribution in [0.25, 0.3) is 0 Å². The van der Waals surface area contributed by atoms with Crippen LogP contribution in [-0.2, 0) is 4.79 Å². The van der Waals surface area contributed by atoms with E-state index in [4.69, 9.17) is 4.74 Å². The van der Waals surface area contributed by atoms with Crippen molar-refractivity contribution in [1.29, 1.82) is 0 Å². The Morgan fingerprint density at radius 2 is 1.87 bits per heavy atom. The molecular formula is C18H25FN2O2. The Kier molecular flexibility index (Phi) is 5.49. The molecule has 1 atom stereocenters. The Bertz CT molecular complexity index is 514. The van der Waals surface area contributed by atoms with Crippen LogP contribution in [0.1, 0.15) is 25.7 Å². The second-order valence-electron chi connectivity index (χ2n) is 6.60. The van der Waals surface area contributed by atoms with Gasteiger partial charge in [0.1, 0.15) is 11.6 Å². The average molecular weight is 320 g/mol. The van der Waals surface area contributed by atoms with Crippen molar-refractivity contribution in [3.63, 3.8) is 0 Å². The third kappa shape index (κ3) is 4.67. The van der Waals surface area contributed by atoms with Crippen molar-refractivity contribution in [3.05, 3.63) is 30.1 Å². The van der Waals surface area contributed by atoms with Crippen LogP contribution in [-0.4, -0.2) is 55.0 Å². The lowest BCUT2D eigenvalue weighted by atomic mass is 9.99. The van der Waals surface area contributed by atoms with E-state index >= 15 is 0 Å². The number of nitrogens with zero attached hydrogens (tertiary/aromatic N) is 2. The highest BCUT2D eigenvalue weighted by molar-refractivity contribution is 5.78. The lowest BCUT2D eigenvalue weighted by Gasteiger charge is -2.33. The minimum absolute atomic E-state index is 0.249. The molecule has 4 nitrogen and oxygen atoms in total. The summed E-state index contributed by atoms with van der Waals surface area (Å²) in [6.07, 6.45) is 4.53. The lowest BCUT2D eigenvalue weighted by Crippen LogP contribution is -2.45. The number of hydrogen-bond acceptors (Lipinski definition) is 3. The van der Waals surface area contributed by atoms with Crippen molar-refractivity contribution < 1.29 is 13.9 Å². The maximum atomic E-state index is 12.9. The topological polar surface area (TPSA) is 32.8 Å². The van der Waals surface area contributed by atoms with E-state index in [1.165, 1.54) is 25.0 Å². The summed E-state index contributed by atoms with van der Waals surface area (Å²) in [5.74, 6) is 1.04. The van der Waals surface area contributed by atoms with Crippen molar-refractivity contribution >= 4 is 5.91 Å². The molecule has 0 unspecified atom stereocenters. The Morgan fingerprint density at radius 3 is 2.61 bits per heavy atom. The third-order valence-corrected chi connectivity index (χ3v) is 4.73. The number of carbonyl (C=O) groups is 1. The molecule has 2 heterocycles. The predicted molar refractivity (Wildman–Crippen MR) is 86.9 cm³/mol. The van der Waals surface area contributed by atoms with Crippen LogP contribution in [0.3, 0.4) is 0 Å². The molecule has 126 valence electrons. The maximum Gasteiger partial charge on any atom is 0.236 e. The van der Waals surface area contributed by atoms with Gasteiger partial charge in [-0.25, -0.2) is 4.39 Å². The molecule has 0 aliphatic carbocycles. The summed E-state index contributed by atoms with van der Waals surface area (Å²) in [5.41, 5.74) is 0. The summed E-state index contributed by atoms with van der Waals surface area (Å²) in [4.78, 5) is 16.7. The summed E-state index contributed by atoms with van der Waals surface area (Å²) in [6.45, 7) is 4.88. The van der Waals surface area contributed by atoms with Crippen LogP contribution in [0.4, 0.5) is 4.39 Å². The molecule has 0 bridgehead atoms. The summed E-state index contributed by atoms with van der Waals surface area (Å²) < 4.78 is 18.6. The fraction of sp³-hybridized carbons (Fsp3) is 0.611. The Morgan fingerprint density at radius 1 is 1.13 bits per heavy atom. The summed E-state index contributed by atoms with van der Waals surface area (Å²) in [5, 5.41) is 0. The van der Waals surface area contributed by atoms with Crippen molar-refractivity contribution in [3.8, 4) is 5.75 Å². The summed E-state index contributed by atoms with van der Waals surface area (Å²) in [6, 6.07) is 6.10. The normalized spacial score (nSPS) is 22.3. The molecule has 2 saturated heterocycles. The van der Waals surface area contributed by atoms with Crippen molar-refractivity contribution in [2.45, 2.75) is 25.7 Å². The Hall–Kier alpha value is -1.62. The Labute approximate surface area is 137 Å². The molecule has 0 aromatic heterocycles. The molecule has 2 aliphatic rings. The van der Waals surface area contributed by atoms with Gasteiger partial charge in [0.15, 0.2) is 0 Å². The fourth-order valence-electron chi connectivity index (χ4n) is 3.40. The molecule has 3 rings (SSSR count). The van der Waals surface area contributed by atoms with Crippen LogP contribution in [0, 0.1) is 11.7 Å². The zero-order valence-electron chi connectivity index (χ0n) is 13.5. The van der Waals surface area contributed by atoms with Gasteiger partial charge in [-0.15, -0.1) is 0 Å². The fourth-order valence-corrected chi connectivity index (χ4v) is 3.40. The quantitative estimate of drug-likeness (QED) is 0.836. The monoisotopic (exact) mass is 320 g/mol. The molecule has 0 saturated carbocycles. The molecular weight excluding hydrogens is 295 g/mol. The van der Waals surface area contributed by atoms with E-state index in [9.17, 15) is 9.18 Å². The van der Waals surface area contributed by atoms with Gasteiger partial charge in [0.2, 0.25) is 5.91 Å². The summed E-state index contributed by atoms with van der Waals surface area (Å²) >= 11 is 0. The first-order valence-corrected chi connectivity index (χ1v) is 8.59. The van der Waals surface area contributed by atoms with E-state index < -0.39 is 0 Å². The van der Waals surface area contributed by atoms with E-state index in [1.54, 1.807) is 12.1 Å². The van der Waals surface area contributed by atoms with E-state index in [0.717, 1.165) is 39.0 Å². The lowest BCUT2D eigenvalue weighted by molar-refractivity contribution is -0.134. The zero-order valence-corrected chi connectivity index (χ0v) is 13.5. The second kappa shape index (κ2) is 7.77. The zero-order chi connectivity index (χ0) is 16.1. The number of benzene rings is 1. The molecule has 23 heavy (non-hydrogen) atoms. The minimum Gasteiger partial charge on any atom is -0.493 e. The first-order chi connectivity index (χ1) is 11.2. The molecule has 0 radical (unpaired) electrons. The second-order valence-corrected chi connectivity index (χ2v) is 6.60. The first-order valence-electron chi connectivity index (χ1n) is 8.59. The Balaban J connectivity index is 1.45. The molecule has 2 fully saturated rings. The van der Waals surface area contributed by atoms with Crippen molar-refractivity contribution in [2.75, 3.05) is 39.3 Å². The molecule has 2 aliphatic heterocycles. The highest BCUT2D eigenvalue weighted by Crippen LogP contribution is 2.20. The molecule has 0 N–H and O–H groups in total. The highest BCUT2D eigenvalue weighted by atomic mass is 19.1. The van der Waals surface area contributed by atoms with Gasteiger partial charge in [-0.3, -0.25) is 9.69 Å². The van der Waals surface area contributed by atoms with Gasteiger partial charge < -0.3 is 9.64 Å². The van der Waals surface area contributed by atoms with Crippen LogP contribution in [0.2, 0.25) is 0 Å². The number of rotatable bonds is 5. The molecule has 1 aromatic carbocycles. The summed E-state index contributed by atoms with van der Waals surface area (Å²) in [7, 11) is 0. The third-order valence-electron chi connectivity index (χ3n) is 4.73. The largest absolute Gasteiger partial charge is 0.493 e.